The Morgan fingerprint density at radius 2 is 2.25 bits per heavy atom. The third-order valence-electron chi connectivity index (χ3n) is 2.81. The van der Waals surface area contributed by atoms with Gasteiger partial charge in [0.1, 0.15) is 0 Å². The van der Waals surface area contributed by atoms with Crippen molar-refractivity contribution >= 4 is 11.8 Å². The Labute approximate surface area is 103 Å². The largest absolute Gasteiger partial charge is 0.333 e. The Kier molecular flexibility index (Phi) is 6.57. The second-order valence-electron chi connectivity index (χ2n) is 4.08. The molecule has 1 heterocycles. The van der Waals surface area contributed by atoms with Gasteiger partial charge < -0.3 is 10.3 Å². The average Bonchev–Trinajstić information content (AvgIpc) is 2.76. The number of hydrogen-bond donors (Lipinski definition) is 1. The minimum absolute atomic E-state index is 0.133. The number of aryl methyl sites for hydroxylation is 1. The molecule has 0 radical (unpaired) electrons. The molecule has 4 heteroatoms. The van der Waals surface area contributed by atoms with E-state index in [4.69, 9.17) is 5.73 Å². The molecule has 0 aliphatic carbocycles. The number of thioether (sulfide) groups is 1. The van der Waals surface area contributed by atoms with Crippen molar-refractivity contribution < 1.29 is 0 Å². The molecule has 0 fully saturated rings. The Balaban J connectivity index is 2.33. The van der Waals surface area contributed by atoms with Crippen LogP contribution in [0.25, 0.3) is 0 Å². The summed E-state index contributed by atoms with van der Waals surface area (Å²) in [5.41, 5.74) is 7.20. The smallest absolute Gasteiger partial charge is 0.0948 e. The first kappa shape index (κ1) is 13.6. The van der Waals surface area contributed by atoms with Crippen molar-refractivity contribution in [2.24, 2.45) is 5.73 Å². The van der Waals surface area contributed by atoms with Gasteiger partial charge in [-0.2, -0.15) is 11.8 Å². The van der Waals surface area contributed by atoms with Crippen LogP contribution in [-0.4, -0.2) is 21.6 Å². The van der Waals surface area contributed by atoms with E-state index in [0.29, 0.717) is 0 Å². The number of imidazole rings is 1. The number of nitrogens with zero attached hydrogens (tertiary/aromatic N) is 2. The molecule has 0 bridgehead atoms. The highest BCUT2D eigenvalue weighted by atomic mass is 32.2. The van der Waals surface area contributed by atoms with Gasteiger partial charge in [-0.15, -0.1) is 0 Å². The molecule has 0 aliphatic heterocycles. The Bertz CT molecular complexity index is 286. The fourth-order valence-corrected chi connectivity index (χ4v) is 2.23. The van der Waals surface area contributed by atoms with E-state index in [0.717, 1.165) is 13.0 Å². The van der Waals surface area contributed by atoms with Gasteiger partial charge in [-0.1, -0.05) is 13.3 Å². The van der Waals surface area contributed by atoms with Crippen LogP contribution in [0.1, 0.15) is 44.3 Å². The zero-order valence-corrected chi connectivity index (χ0v) is 11.2. The van der Waals surface area contributed by atoms with Gasteiger partial charge in [0.25, 0.3) is 0 Å². The first-order valence-electron chi connectivity index (χ1n) is 6.04. The van der Waals surface area contributed by atoms with E-state index in [-0.39, 0.29) is 6.04 Å². The van der Waals surface area contributed by atoms with E-state index in [2.05, 4.69) is 22.7 Å². The van der Waals surface area contributed by atoms with E-state index in [1.165, 1.54) is 30.7 Å². The summed E-state index contributed by atoms with van der Waals surface area (Å²) >= 11 is 1.92. The van der Waals surface area contributed by atoms with Crippen molar-refractivity contribution in [3.05, 3.63) is 18.2 Å². The van der Waals surface area contributed by atoms with Crippen LogP contribution in [0.2, 0.25) is 0 Å². The van der Waals surface area contributed by atoms with E-state index < -0.39 is 0 Å². The van der Waals surface area contributed by atoms with E-state index in [1.54, 1.807) is 0 Å². The molecule has 0 aromatic carbocycles. The minimum Gasteiger partial charge on any atom is -0.333 e. The normalized spacial score (nSPS) is 12.9. The lowest BCUT2D eigenvalue weighted by molar-refractivity contribution is 0.551. The molecule has 3 nitrogen and oxygen atoms in total. The molecule has 16 heavy (non-hydrogen) atoms. The molecular formula is C12H23N3S. The maximum Gasteiger partial charge on any atom is 0.0948 e. The number of nitrogens with two attached hydrogens (primary N) is 1. The van der Waals surface area contributed by atoms with Crippen molar-refractivity contribution in [1.29, 1.82) is 0 Å². The number of rotatable bonds is 8. The highest BCUT2D eigenvalue weighted by Crippen LogP contribution is 2.14. The standard InChI is InChI=1S/C12H23N3S/c1-3-11(13)12-9-14-10-15(12)7-5-4-6-8-16-2/h9-11H,3-8,13H2,1-2H3/t11-/m1/s1. The predicted octanol–water partition coefficient (Wildman–Crippen LogP) is 2.83. The van der Waals surface area contributed by atoms with Crippen LogP contribution in [0.4, 0.5) is 0 Å². The lowest BCUT2D eigenvalue weighted by atomic mass is 10.2. The van der Waals surface area contributed by atoms with E-state index >= 15 is 0 Å². The maximum absolute atomic E-state index is 6.03. The average molecular weight is 241 g/mol. The van der Waals surface area contributed by atoms with Gasteiger partial charge in [-0.25, -0.2) is 4.98 Å². The molecule has 2 N–H and O–H groups in total. The highest BCUT2D eigenvalue weighted by molar-refractivity contribution is 7.98. The van der Waals surface area contributed by atoms with Crippen molar-refractivity contribution in [3.8, 4) is 0 Å². The summed E-state index contributed by atoms with van der Waals surface area (Å²) < 4.78 is 2.20. The quantitative estimate of drug-likeness (QED) is 0.712. The molecular weight excluding hydrogens is 218 g/mol. The topological polar surface area (TPSA) is 43.8 Å². The predicted molar refractivity (Wildman–Crippen MR) is 71.7 cm³/mol. The molecule has 1 atom stereocenters. The summed E-state index contributed by atoms with van der Waals surface area (Å²) in [6, 6.07) is 0.133. The number of unbranched alkanes of at least 4 members (excludes halogenated alkanes) is 2. The Morgan fingerprint density at radius 3 is 2.94 bits per heavy atom. The first-order chi connectivity index (χ1) is 7.79. The number of hydrogen-bond acceptors (Lipinski definition) is 3. The third kappa shape index (κ3) is 4.18. The summed E-state index contributed by atoms with van der Waals surface area (Å²) in [5.74, 6) is 1.27. The summed E-state index contributed by atoms with van der Waals surface area (Å²) in [7, 11) is 0. The Morgan fingerprint density at radius 1 is 1.44 bits per heavy atom. The Hall–Kier alpha value is -0.480. The van der Waals surface area contributed by atoms with Crippen molar-refractivity contribution in [2.45, 2.75) is 45.2 Å². The molecule has 1 aromatic rings. The van der Waals surface area contributed by atoms with Crippen LogP contribution in [0.3, 0.4) is 0 Å². The second kappa shape index (κ2) is 7.74. The summed E-state index contributed by atoms with van der Waals surface area (Å²) in [4.78, 5) is 4.19. The van der Waals surface area contributed by atoms with Crippen molar-refractivity contribution in [2.75, 3.05) is 12.0 Å². The second-order valence-corrected chi connectivity index (χ2v) is 5.07. The molecule has 0 saturated carbocycles. The summed E-state index contributed by atoms with van der Waals surface area (Å²) in [6.07, 6.45) is 10.8. The van der Waals surface area contributed by atoms with Gasteiger partial charge in [0.05, 0.1) is 12.0 Å². The van der Waals surface area contributed by atoms with Gasteiger partial charge >= 0.3 is 0 Å². The number of aromatic nitrogens is 2. The molecule has 0 saturated heterocycles. The fourth-order valence-electron chi connectivity index (χ4n) is 1.74. The molecule has 0 spiro atoms. The van der Waals surface area contributed by atoms with Crippen LogP contribution in [0.15, 0.2) is 12.5 Å². The first-order valence-corrected chi connectivity index (χ1v) is 7.43. The molecule has 0 amide bonds. The monoisotopic (exact) mass is 241 g/mol. The van der Waals surface area contributed by atoms with E-state index in [1.807, 2.05) is 24.3 Å². The fraction of sp³-hybridized carbons (Fsp3) is 0.750. The minimum atomic E-state index is 0.133. The highest BCUT2D eigenvalue weighted by Gasteiger charge is 2.08. The van der Waals surface area contributed by atoms with Gasteiger partial charge in [0.2, 0.25) is 0 Å². The lowest BCUT2D eigenvalue weighted by Crippen LogP contribution is -2.14. The zero-order valence-electron chi connectivity index (χ0n) is 10.4. The lowest BCUT2D eigenvalue weighted by Gasteiger charge is -2.12. The molecule has 0 aliphatic rings. The van der Waals surface area contributed by atoms with Crippen LogP contribution < -0.4 is 5.73 Å². The van der Waals surface area contributed by atoms with Crippen LogP contribution in [0.5, 0.6) is 0 Å². The van der Waals surface area contributed by atoms with Gasteiger partial charge in [-0.3, -0.25) is 0 Å². The van der Waals surface area contributed by atoms with Gasteiger partial charge in [0, 0.05) is 18.8 Å². The molecule has 92 valence electrons. The molecule has 0 unspecified atom stereocenters. The van der Waals surface area contributed by atoms with Crippen LogP contribution >= 0.6 is 11.8 Å². The maximum atomic E-state index is 6.03. The van der Waals surface area contributed by atoms with Crippen LogP contribution in [0, 0.1) is 0 Å². The molecule has 1 aromatic heterocycles. The van der Waals surface area contributed by atoms with E-state index in [9.17, 15) is 0 Å². The van der Waals surface area contributed by atoms with Crippen molar-refractivity contribution in [1.82, 2.24) is 9.55 Å². The van der Waals surface area contributed by atoms with Crippen molar-refractivity contribution in [3.63, 3.8) is 0 Å². The molecule has 1 rings (SSSR count). The summed E-state index contributed by atoms with van der Waals surface area (Å²) in [5, 5.41) is 0. The third-order valence-corrected chi connectivity index (χ3v) is 3.51. The van der Waals surface area contributed by atoms with Gasteiger partial charge in [-0.05, 0) is 31.3 Å². The van der Waals surface area contributed by atoms with Gasteiger partial charge in [0.15, 0.2) is 0 Å². The van der Waals surface area contributed by atoms with Crippen LogP contribution in [-0.2, 0) is 6.54 Å². The zero-order chi connectivity index (χ0) is 11.8. The SMILES string of the molecule is CC[C@@H](N)c1cncn1CCCCCSC. The summed E-state index contributed by atoms with van der Waals surface area (Å²) in [6.45, 7) is 3.16.